The lowest BCUT2D eigenvalue weighted by atomic mass is 9.85. The van der Waals surface area contributed by atoms with Gasteiger partial charge in [-0.25, -0.2) is 0 Å². The Labute approximate surface area is 77.2 Å². The number of hydrogen-bond acceptors (Lipinski definition) is 1. The molecule has 74 valence electrons. The van der Waals surface area contributed by atoms with Gasteiger partial charge >= 0.3 is 0 Å². The van der Waals surface area contributed by atoms with Crippen molar-refractivity contribution in [2.24, 2.45) is 11.8 Å². The van der Waals surface area contributed by atoms with Crippen LogP contribution in [0.1, 0.15) is 53.9 Å². The first-order valence-corrected chi connectivity index (χ1v) is 5.09. The van der Waals surface area contributed by atoms with Crippen LogP contribution in [0.5, 0.6) is 0 Å². The van der Waals surface area contributed by atoms with Crippen molar-refractivity contribution in [1.82, 2.24) is 0 Å². The quantitative estimate of drug-likeness (QED) is 0.675. The van der Waals surface area contributed by atoms with Crippen LogP contribution in [0.2, 0.25) is 0 Å². The second-order valence-electron chi connectivity index (χ2n) is 4.81. The number of aliphatic hydroxyl groups is 1. The first-order chi connectivity index (χ1) is 5.37. The molecule has 2 atom stereocenters. The molecule has 1 heteroatoms. The minimum absolute atomic E-state index is 0.455. The SMILES string of the molecule is CCC(C)CC(C)(O)CC(C)C. The van der Waals surface area contributed by atoms with Gasteiger partial charge in [-0.2, -0.15) is 0 Å². The van der Waals surface area contributed by atoms with E-state index >= 15 is 0 Å². The molecule has 0 aliphatic rings. The van der Waals surface area contributed by atoms with E-state index in [1.54, 1.807) is 0 Å². The summed E-state index contributed by atoms with van der Waals surface area (Å²) in [6.45, 7) is 10.7. The summed E-state index contributed by atoms with van der Waals surface area (Å²) < 4.78 is 0. The Hall–Kier alpha value is -0.0400. The van der Waals surface area contributed by atoms with Gasteiger partial charge in [0.25, 0.3) is 0 Å². The summed E-state index contributed by atoms with van der Waals surface area (Å²) in [5, 5.41) is 9.99. The highest BCUT2D eigenvalue weighted by Crippen LogP contribution is 2.25. The molecule has 0 spiro atoms. The van der Waals surface area contributed by atoms with Gasteiger partial charge in [0.05, 0.1) is 5.60 Å². The Balaban J connectivity index is 3.85. The maximum Gasteiger partial charge on any atom is 0.0624 e. The van der Waals surface area contributed by atoms with Crippen molar-refractivity contribution in [3.63, 3.8) is 0 Å². The van der Waals surface area contributed by atoms with Crippen molar-refractivity contribution in [2.75, 3.05) is 0 Å². The van der Waals surface area contributed by atoms with Crippen LogP contribution >= 0.6 is 0 Å². The van der Waals surface area contributed by atoms with Crippen LogP contribution in [-0.4, -0.2) is 10.7 Å². The molecule has 0 saturated carbocycles. The Morgan fingerprint density at radius 3 is 2.00 bits per heavy atom. The molecule has 0 bridgehead atoms. The second kappa shape index (κ2) is 4.86. The lowest BCUT2D eigenvalue weighted by Gasteiger charge is -2.28. The highest BCUT2D eigenvalue weighted by atomic mass is 16.3. The summed E-state index contributed by atoms with van der Waals surface area (Å²) in [7, 11) is 0. The van der Waals surface area contributed by atoms with Gasteiger partial charge in [-0.15, -0.1) is 0 Å². The van der Waals surface area contributed by atoms with Crippen molar-refractivity contribution < 1.29 is 5.11 Å². The highest BCUT2D eigenvalue weighted by Gasteiger charge is 2.23. The molecule has 0 aliphatic heterocycles. The lowest BCUT2D eigenvalue weighted by Crippen LogP contribution is -2.28. The molecule has 0 aromatic rings. The van der Waals surface area contributed by atoms with E-state index in [0.29, 0.717) is 11.8 Å². The Bertz CT molecular complexity index is 116. The summed E-state index contributed by atoms with van der Waals surface area (Å²) in [5.41, 5.74) is -0.455. The fourth-order valence-corrected chi connectivity index (χ4v) is 1.86. The van der Waals surface area contributed by atoms with Gasteiger partial charge in [0.15, 0.2) is 0 Å². The van der Waals surface area contributed by atoms with Crippen LogP contribution < -0.4 is 0 Å². The predicted molar refractivity (Wildman–Crippen MR) is 54.2 cm³/mol. The summed E-state index contributed by atoms with van der Waals surface area (Å²) in [6, 6.07) is 0. The fraction of sp³-hybridized carbons (Fsp3) is 1.00. The molecular formula is C11H24O. The molecule has 0 heterocycles. The van der Waals surface area contributed by atoms with Crippen LogP contribution in [0.4, 0.5) is 0 Å². The monoisotopic (exact) mass is 172 g/mol. The smallest absolute Gasteiger partial charge is 0.0624 e. The molecule has 1 N–H and O–H groups in total. The van der Waals surface area contributed by atoms with Crippen LogP contribution in [0.25, 0.3) is 0 Å². The maximum absolute atomic E-state index is 9.99. The third-order valence-corrected chi connectivity index (χ3v) is 2.33. The minimum Gasteiger partial charge on any atom is -0.390 e. The van der Waals surface area contributed by atoms with Crippen LogP contribution in [0.15, 0.2) is 0 Å². The molecule has 0 rings (SSSR count). The largest absolute Gasteiger partial charge is 0.390 e. The van der Waals surface area contributed by atoms with E-state index in [9.17, 15) is 5.11 Å². The fourth-order valence-electron chi connectivity index (χ4n) is 1.86. The molecule has 2 unspecified atom stereocenters. The molecule has 0 fully saturated rings. The molecular weight excluding hydrogens is 148 g/mol. The lowest BCUT2D eigenvalue weighted by molar-refractivity contribution is 0.0160. The summed E-state index contributed by atoms with van der Waals surface area (Å²) in [4.78, 5) is 0. The molecule has 0 saturated heterocycles. The maximum atomic E-state index is 9.99. The summed E-state index contributed by atoms with van der Waals surface area (Å²) in [5.74, 6) is 1.22. The van der Waals surface area contributed by atoms with E-state index in [0.717, 1.165) is 19.3 Å². The van der Waals surface area contributed by atoms with Crippen LogP contribution in [0, 0.1) is 11.8 Å². The third-order valence-electron chi connectivity index (χ3n) is 2.33. The second-order valence-corrected chi connectivity index (χ2v) is 4.81. The highest BCUT2D eigenvalue weighted by molar-refractivity contribution is 4.76. The van der Waals surface area contributed by atoms with Crippen molar-refractivity contribution in [3.8, 4) is 0 Å². The standard InChI is InChI=1S/C11H24O/c1-6-10(4)8-11(5,12)7-9(2)3/h9-10,12H,6-8H2,1-5H3. The van der Waals surface area contributed by atoms with Crippen molar-refractivity contribution >= 4 is 0 Å². The van der Waals surface area contributed by atoms with Gasteiger partial charge in [0.1, 0.15) is 0 Å². The van der Waals surface area contributed by atoms with Crippen molar-refractivity contribution in [1.29, 1.82) is 0 Å². The normalized spacial score (nSPS) is 19.2. The summed E-state index contributed by atoms with van der Waals surface area (Å²) >= 11 is 0. The number of hydrogen-bond donors (Lipinski definition) is 1. The van der Waals surface area contributed by atoms with Crippen molar-refractivity contribution in [2.45, 2.75) is 59.5 Å². The Morgan fingerprint density at radius 2 is 1.67 bits per heavy atom. The van der Waals surface area contributed by atoms with E-state index in [-0.39, 0.29) is 0 Å². The molecule has 1 nitrogen and oxygen atoms in total. The predicted octanol–water partition coefficient (Wildman–Crippen LogP) is 3.22. The van der Waals surface area contributed by atoms with Gasteiger partial charge in [-0.1, -0.05) is 34.1 Å². The van der Waals surface area contributed by atoms with E-state index < -0.39 is 5.60 Å². The number of rotatable bonds is 5. The first kappa shape index (κ1) is 12.0. The average molecular weight is 172 g/mol. The van der Waals surface area contributed by atoms with Crippen LogP contribution in [-0.2, 0) is 0 Å². The minimum atomic E-state index is -0.455. The third kappa shape index (κ3) is 5.59. The van der Waals surface area contributed by atoms with Crippen LogP contribution in [0.3, 0.4) is 0 Å². The van der Waals surface area contributed by atoms with E-state index in [1.165, 1.54) is 0 Å². The Kier molecular flexibility index (Phi) is 4.84. The van der Waals surface area contributed by atoms with Gasteiger partial charge in [-0.3, -0.25) is 0 Å². The zero-order valence-electron chi connectivity index (χ0n) is 9.22. The van der Waals surface area contributed by atoms with Gasteiger partial charge in [-0.05, 0) is 31.6 Å². The molecule has 0 aromatic carbocycles. The van der Waals surface area contributed by atoms with E-state index in [1.807, 2.05) is 6.92 Å². The Morgan fingerprint density at radius 1 is 1.17 bits per heavy atom. The average Bonchev–Trinajstić information content (AvgIpc) is 1.83. The summed E-state index contributed by atoms with van der Waals surface area (Å²) in [6.07, 6.45) is 3.01. The zero-order valence-corrected chi connectivity index (χ0v) is 9.22. The van der Waals surface area contributed by atoms with Crippen molar-refractivity contribution in [3.05, 3.63) is 0 Å². The molecule has 0 amide bonds. The molecule has 0 radical (unpaired) electrons. The van der Waals surface area contributed by atoms with Gasteiger partial charge < -0.3 is 5.11 Å². The zero-order chi connectivity index (χ0) is 9.78. The topological polar surface area (TPSA) is 20.2 Å². The van der Waals surface area contributed by atoms with Gasteiger partial charge in [0, 0.05) is 0 Å². The molecule has 12 heavy (non-hydrogen) atoms. The van der Waals surface area contributed by atoms with E-state index in [4.69, 9.17) is 0 Å². The molecule has 0 aromatic heterocycles. The first-order valence-electron chi connectivity index (χ1n) is 5.09. The molecule has 0 aliphatic carbocycles. The van der Waals surface area contributed by atoms with E-state index in [2.05, 4.69) is 27.7 Å². The van der Waals surface area contributed by atoms with Gasteiger partial charge in [0.2, 0.25) is 0 Å².